The quantitative estimate of drug-likeness (QED) is 0.723. The van der Waals surface area contributed by atoms with Gasteiger partial charge in [-0.05, 0) is 43.8 Å². The summed E-state index contributed by atoms with van der Waals surface area (Å²) in [6.07, 6.45) is 0. The summed E-state index contributed by atoms with van der Waals surface area (Å²) >= 11 is 5.94. The van der Waals surface area contributed by atoms with Crippen LogP contribution < -0.4 is 15.4 Å². The lowest BCUT2D eigenvalue weighted by Crippen LogP contribution is -2.45. The Morgan fingerprint density at radius 3 is 2.41 bits per heavy atom. The van der Waals surface area contributed by atoms with Crippen molar-refractivity contribution in [3.05, 3.63) is 53.6 Å². The first-order chi connectivity index (χ1) is 12.9. The standard InChI is InChI=1S/C20H24ClN3O3/c1-4-24(13-19(25)22-17-9-6-10-18(12-17)27-3)14(2)20(26)23-16-8-5-7-15(21)11-16/h5-12,14H,4,13H2,1-3H3,(H,22,25)(H,23,26). The smallest absolute Gasteiger partial charge is 0.241 e. The number of benzene rings is 2. The first kappa shape index (κ1) is 20.7. The van der Waals surface area contributed by atoms with Crippen molar-refractivity contribution in [2.75, 3.05) is 30.8 Å². The summed E-state index contributed by atoms with van der Waals surface area (Å²) in [5.41, 5.74) is 1.27. The minimum absolute atomic E-state index is 0.0951. The zero-order chi connectivity index (χ0) is 19.8. The molecule has 2 rings (SSSR count). The minimum Gasteiger partial charge on any atom is -0.497 e. The zero-order valence-corrected chi connectivity index (χ0v) is 16.4. The van der Waals surface area contributed by atoms with Crippen molar-refractivity contribution in [2.45, 2.75) is 19.9 Å². The molecule has 6 nitrogen and oxygen atoms in total. The fourth-order valence-electron chi connectivity index (χ4n) is 2.59. The maximum absolute atomic E-state index is 12.5. The Kier molecular flexibility index (Phi) is 7.64. The third-order valence-corrected chi connectivity index (χ3v) is 4.36. The molecule has 7 heteroatoms. The molecule has 0 aliphatic rings. The molecule has 0 radical (unpaired) electrons. The van der Waals surface area contributed by atoms with Gasteiger partial charge in [0.2, 0.25) is 11.8 Å². The predicted molar refractivity (Wildman–Crippen MR) is 108 cm³/mol. The van der Waals surface area contributed by atoms with Gasteiger partial charge in [0.05, 0.1) is 19.7 Å². The van der Waals surface area contributed by atoms with Crippen LogP contribution in [0.3, 0.4) is 0 Å². The van der Waals surface area contributed by atoms with Crippen LogP contribution in [-0.4, -0.2) is 43.0 Å². The highest BCUT2D eigenvalue weighted by atomic mass is 35.5. The number of hydrogen-bond acceptors (Lipinski definition) is 4. The van der Waals surface area contributed by atoms with Gasteiger partial charge in [-0.3, -0.25) is 14.5 Å². The van der Waals surface area contributed by atoms with E-state index in [0.29, 0.717) is 28.7 Å². The van der Waals surface area contributed by atoms with E-state index in [4.69, 9.17) is 16.3 Å². The first-order valence-corrected chi connectivity index (χ1v) is 9.05. The molecule has 2 aromatic carbocycles. The average Bonchev–Trinajstić information content (AvgIpc) is 2.65. The van der Waals surface area contributed by atoms with E-state index in [-0.39, 0.29) is 18.4 Å². The van der Waals surface area contributed by atoms with Gasteiger partial charge in [-0.15, -0.1) is 0 Å². The van der Waals surface area contributed by atoms with Crippen molar-refractivity contribution in [1.29, 1.82) is 0 Å². The Morgan fingerprint density at radius 2 is 1.78 bits per heavy atom. The molecule has 2 amide bonds. The number of rotatable bonds is 8. The van der Waals surface area contributed by atoms with Crippen LogP contribution in [0.4, 0.5) is 11.4 Å². The van der Waals surface area contributed by atoms with E-state index in [2.05, 4.69) is 10.6 Å². The summed E-state index contributed by atoms with van der Waals surface area (Å²) in [6, 6.07) is 13.6. The van der Waals surface area contributed by atoms with E-state index in [9.17, 15) is 9.59 Å². The molecule has 2 aromatic rings. The number of halogens is 1. The summed E-state index contributed by atoms with van der Waals surface area (Å²) in [4.78, 5) is 26.7. The second kappa shape index (κ2) is 9.94. The summed E-state index contributed by atoms with van der Waals surface area (Å²) < 4.78 is 5.15. The molecule has 0 saturated heterocycles. The zero-order valence-electron chi connectivity index (χ0n) is 15.7. The van der Waals surface area contributed by atoms with Gasteiger partial charge in [-0.1, -0.05) is 30.7 Å². The number of nitrogens with zero attached hydrogens (tertiary/aromatic N) is 1. The summed E-state index contributed by atoms with van der Waals surface area (Å²) in [5.74, 6) is 0.259. The summed E-state index contributed by atoms with van der Waals surface area (Å²) in [5, 5.41) is 6.19. The van der Waals surface area contributed by atoms with Crippen LogP contribution in [0.25, 0.3) is 0 Å². The van der Waals surface area contributed by atoms with Crippen LogP contribution in [-0.2, 0) is 9.59 Å². The fraction of sp³-hybridized carbons (Fsp3) is 0.300. The Hall–Kier alpha value is -2.57. The van der Waals surface area contributed by atoms with Crippen molar-refractivity contribution in [3.63, 3.8) is 0 Å². The number of amides is 2. The van der Waals surface area contributed by atoms with E-state index in [0.717, 1.165) is 0 Å². The maximum Gasteiger partial charge on any atom is 0.241 e. The molecule has 1 unspecified atom stereocenters. The Bertz CT molecular complexity index is 798. The van der Waals surface area contributed by atoms with Crippen LogP contribution in [0.15, 0.2) is 48.5 Å². The third kappa shape index (κ3) is 6.27. The summed E-state index contributed by atoms with van der Waals surface area (Å²) in [7, 11) is 1.57. The SMILES string of the molecule is CCN(CC(=O)Nc1cccc(OC)c1)C(C)C(=O)Nc1cccc(Cl)c1. The second-order valence-corrected chi connectivity index (χ2v) is 6.46. The lowest BCUT2D eigenvalue weighted by molar-refractivity contribution is -0.123. The van der Waals surface area contributed by atoms with Gasteiger partial charge in [0.25, 0.3) is 0 Å². The van der Waals surface area contributed by atoms with Gasteiger partial charge in [0.1, 0.15) is 5.75 Å². The molecular formula is C20H24ClN3O3. The fourth-order valence-corrected chi connectivity index (χ4v) is 2.78. The Labute approximate surface area is 164 Å². The van der Waals surface area contributed by atoms with Gasteiger partial charge in [-0.25, -0.2) is 0 Å². The van der Waals surface area contributed by atoms with Crippen molar-refractivity contribution in [3.8, 4) is 5.75 Å². The number of carbonyl (C=O) groups is 2. The van der Waals surface area contributed by atoms with E-state index < -0.39 is 6.04 Å². The largest absolute Gasteiger partial charge is 0.497 e. The van der Waals surface area contributed by atoms with Gasteiger partial charge in [0, 0.05) is 22.5 Å². The molecule has 0 saturated carbocycles. The van der Waals surface area contributed by atoms with Crippen molar-refractivity contribution < 1.29 is 14.3 Å². The highest BCUT2D eigenvalue weighted by Gasteiger charge is 2.22. The number of anilines is 2. The molecule has 0 heterocycles. The van der Waals surface area contributed by atoms with Gasteiger partial charge >= 0.3 is 0 Å². The first-order valence-electron chi connectivity index (χ1n) is 8.67. The van der Waals surface area contributed by atoms with Gasteiger partial charge in [-0.2, -0.15) is 0 Å². The molecule has 144 valence electrons. The number of likely N-dealkylation sites (N-methyl/N-ethyl adjacent to an activating group) is 1. The van der Waals surface area contributed by atoms with Crippen LogP contribution in [0.5, 0.6) is 5.75 Å². The van der Waals surface area contributed by atoms with Crippen molar-refractivity contribution in [2.24, 2.45) is 0 Å². The van der Waals surface area contributed by atoms with E-state index in [1.807, 2.05) is 6.92 Å². The predicted octanol–water partition coefficient (Wildman–Crippen LogP) is 3.64. The number of nitrogens with one attached hydrogen (secondary N) is 2. The van der Waals surface area contributed by atoms with Crippen molar-refractivity contribution in [1.82, 2.24) is 4.90 Å². The lowest BCUT2D eigenvalue weighted by atomic mass is 10.2. The molecule has 0 fully saturated rings. The normalized spacial score (nSPS) is 11.7. The van der Waals surface area contributed by atoms with Gasteiger partial charge < -0.3 is 15.4 Å². The van der Waals surface area contributed by atoms with Crippen molar-refractivity contribution >= 4 is 34.8 Å². The molecule has 27 heavy (non-hydrogen) atoms. The Balaban J connectivity index is 1.95. The average molecular weight is 390 g/mol. The highest BCUT2D eigenvalue weighted by molar-refractivity contribution is 6.30. The summed E-state index contributed by atoms with van der Waals surface area (Å²) in [6.45, 7) is 4.32. The van der Waals surface area contributed by atoms with Gasteiger partial charge in [0.15, 0.2) is 0 Å². The molecule has 1 atom stereocenters. The van der Waals surface area contributed by atoms with Crippen LogP contribution >= 0.6 is 11.6 Å². The molecule has 0 spiro atoms. The number of ether oxygens (including phenoxy) is 1. The maximum atomic E-state index is 12.5. The van der Waals surface area contributed by atoms with E-state index >= 15 is 0 Å². The highest BCUT2D eigenvalue weighted by Crippen LogP contribution is 2.17. The number of carbonyl (C=O) groups excluding carboxylic acids is 2. The molecule has 0 aliphatic heterocycles. The second-order valence-electron chi connectivity index (χ2n) is 6.02. The Morgan fingerprint density at radius 1 is 1.11 bits per heavy atom. The minimum atomic E-state index is -0.481. The number of methoxy groups -OCH3 is 1. The van der Waals surface area contributed by atoms with E-state index in [1.54, 1.807) is 67.5 Å². The number of hydrogen-bond donors (Lipinski definition) is 2. The van der Waals surface area contributed by atoms with E-state index in [1.165, 1.54) is 0 Å². The third-order valence-electron chi connectivity index (χ3n) is 4.13. The van der Waals surface area contributed by atoms with Crippen LogP contribution in [0.1, 0.15) is 13.8 Å². The molecule has 0 aliphatic carbocycles. The molecular weight excluding hydrogens is 366 g/mol. The lowest BCUT2D eigenvalue weighted by Gasteiger charge is -2.26. The van der Waals surface area contributed by atoms with Crippen LogP contribution in [0.2, 0.25) is 5.02 Å². The van der Waals surface area contributed by atoms with Crippen LogP contribution in [0, 0.1) is 0 Å². The monoisotopic (exact) mass is 389 g/mol. The molecule has 2 N–H and O–H groups in total. The molecule has 0 bridgehead atoms. The topological polar surface area (TPSA) is 70.7 Å². The molecule has 0 aromatic heterocycles.